The van der Waals surface area contributed by atoms with Gasteiger partial charge in [-0.1, -0.05) is 0 Å². The van der Waals surface area contributed by atoms with Gasteiger partial charge in [0.25, 0.3) is 5.91 Å². The number of ether oxygens (including phenoxy) is 1. The molecule has 1 heterocycles. The van der Waals surface area contributed by atoms with Gasteiger partial charge in [-0.3, -0.25) is 14.4 Å². The molecule has 0 radical (unpaired) electrons. The molecule has 1 aliphatic rings. The topological polar surface area (TPSA) is 59.1 Å². The first-order chi connectivity index (χ1) is 9.56. The second-order valence-corrected chi connectivity index (χ2v) is 4.62. The van der Waals surface area contributed by atoms with Gasteiger partial charge in [0.15, 0.2) is 0 Å². The summed E-state index contributed by atoms with van der Waals surface area (Å²) in [6.45, 7) is 0.373. The molecule has 2 rings (SSSR count). The third-order valence-electron chi connectivity index (χ3n) is 3.44. The number of rotatable bonds is 4. The number of benzene rings is 1. The van der Waals surface area contributed by atoms with Crippen LogP contribution in [0.1, 0.15) is 6.42 Å². The van der Waals surface area contributed by atoms with Crippen molar-refractivity contribution in [3.63, 3.8) is 0 Å². The third-order valence-corrected chi connectivity index (χ3v) is 3.44. The van der Waals surface area contributed by atoms with Crippen molar-refractivity contribution in [1.29, 1.82) is 0 Å². The summed E-state index contributed by atoms with van der Waals surface area (Å²) in [5.41, 5.74) is 0.770. The number of hydrogen-bond acceptors (Lipinski definition) is 4. The Hall–Kier alpha value is -2.08. The number of hydrogen-bond donors (Lipinski definition) is 0. The normalized spacial score (nSPS) is 18.2. The lowest BCUT2D eigenvalue weighted by molar-refractivity contribution is -0.172. The summed E-state index contributed by atoms with van der Waals surface area (Å²) in [7, 11) is 4.56. The van der Waals surface area contributed by atoms with Gasteiger partial charge in [0.1, 0.15) is 5.75 Å². The number of carbonyl (C=O) groups excluding carboxylic acids is 2. The first kappa shape index (κ1) is 14.3. The van der Waals surface area contributed by atoms with Crippen LogP contribution >= 0.6 is 0 Å². The van der Waals surface area contributed by atoms with Crippen molar-refractivity contribution >= 4 is 17.5 Å². The smallest absolute Gasteiger partial charge is 0.251 e. The highest BCUT2D eigenvalue weighted by Gasteiger charge is 2.36. The van der Waals surface area contributed by atoms with Crippen molar-refractivity contribution in [2.75, 3.05) is 32.7 Å². The molecule has 0 aromatic heterocycles. The van der Waals surface area contributed by atoms with Crippen LogP contribution in [0.25, 0.3) is 0 Å². The lowest BCUT2D eigenvalue weighted by Crippen LogP contribution is -2.34. The van der Waals surface area contributed by atoms with Crippen molar-refractivity contribution in [3.05, 3.63) is 24.3 Å². The highest BCUT2D eigenvalue weighted by Crippen LogP contribution is 2.27. The van der Waals surface area contributed by atoms with Gasteiger partial charge in [0, 0.05) is 25.7 Å². The van der Waals surface area contributed by atoms with E-state index in [0.29, 0.717) is 6.54 Å². The van der Waals surface area contributed by atoms with Gasteiger partial charge in [0.2, 0.25) is 5.91 Å². The van der Waals surface area contributed by atoms with E-state index in [0.717, 1.165) is 16.5 Å². The number of nitrogens with zero attached hydrogens (tertiary/aromatic N) is 2. The zero-order valence-corrected chi connectivity index (χ0v) is 11.8. The van der Waals surface area contributed by atoms with Crippen LogP contribution in [-0.2, 0) is 14.4 Å². The first-order valence-corrected chi connectivity index (χ1v) is 6.33. The maximum atomic E-state index is 12.0. The second kappa shape index (κ2) is 5.92. The number of amides is 2. The Kier molecular flexibility index (Phi) is 4.24. The fourth-order valence-corrected chi connectivity index (χ4v) is 2.23. The van der Waals surface area contributed by atoms with Crippen LogP contribution in [0, 0.1) is 5.92 Å². The molecule has 108 valence electrons. The summed E-state index contributed by atoms with van der Waals surface area (Å²) in [6, 6.07) is 7.20. The summed E-state index contributed by atoms with van der Waals surface area (Å²) in [5, 5.41) is 1.16. The fraction of sp³-hybridized carbons (Fsp3) is 0.429. The molecule has 1 aromatic carbocycles. The Morgan fingerprint density at radius 3 is 2.50 bits per heavy atom. The molecule has 0 unspecified atom stereocenters. The van der Waals surface area contributed by atoms with E-state index < -0.39 is 0 Å². The quantitative estimate of drug-likeness (QED) is 0.773. The molecular formula is C14H18N2O4. The molecular weight excluding hydrogens is 260 g/mol. The summed E-state index contributed by atoms with van der Waals surface area (Å²) in [6.07, 6.45) is 0.207. The minimum absolute atomic E-state index is 0.0574. The predicted octanol–water partition coefficient (Wildman–Crippen LogP) is 1.07. The van der Waals surface area contributed by atoms with E-state index >= 15 is 0 Å². The van der Waals surface area contributed by atoms with Gasteiger partial charge in [-0.2, -0.15) is 0 Å². The molecule has 0 N–H and O–H groups in total. The SMILES string of the molecule is COc1ccc(N2C[C@@H](C(=O)N(C)OC)CC2=O)cc1. The zero-order valence-electron chi connectivity index (χ0n) is 11.8. The van der Waals surface area contributed by atoms with E-state index in [1.165, 1.54) is 7.11 Å². The van der Waals surface area contributed by atoms with Gasteiger partial charge in [-0.05, 0) is 24.3 Å². The molecule has 2 amide bonds. The molecule has 6 heteroatoms. The Labute approximate surface area is 117 Å². The minimum Gasteiger partial charge on any atom is -0.497 e. The van der Waals surface area contributed by atoms with E-state index in [9.17, 15) is 9.59 Å². The largest absolute Gasteiger partial charge is 0.497 e. The van der Waals surface area contributed by atoms with E-state index in [4.69, 9.17) is 9.57 Å². The average molecular weight is 278 g/mol. The van der Waals surface area contributed by atoms with Crippen molar-refractivity contribution in [1.82, 2.24) is 5.06 Å². The summed E-state index contributed by atoms with van der Waals surface area (Å²) in [5.74, 6) is 0.122. The minimum atomic E-state index is -0.366. The zero-order chi connectivity index (χ0) is 14.7. The molecule has 20 heavy (non-hydrogen) atoms. The Morgan fingerprint density at radius 1 is 1.30 bits per heavy atom. The highest BCUT2D eigenvalue weighted by molar-refractivity contribution is 6.00. The van der Waals surface area contributed by atoms with Gasteiger partial charge in [-0.25, -0.2) is 5.06 Å². The Bertz CT molecular complexity index is 500. The van der Waals surface area contributed by atoms with Gasteiger partial charge in [0.05, 0.1) is 20.1 Å². The standard InChI is InChI=1S/C14H18N2O4/c1-15(20-3)14(18)10-8-13(17)16(9-10)11-4-6-12(19-2)7-5-11/h4-7,10H,8-9H2,1-3H3/t10-/m0/s1. The van der Waals surface area contributed by atoms with Gasteiger partial charge in [-0.15, -0.1) is 0 Å². The third kappa shape index (κ3) is 2.75. The maximum absolute atomic E-state index is 12.0. The van der Waals surface area contributed by atoms with E-state index in [2.05, 4.69) is 0 Å². The van der Waals surface area contributed by atoms with Gasteiger partial charge >= 0.3 is 0 Å². The molecule has 0 aliphatic carbocycles. The molecule has 1 aliphatic heterocycles. The summed E-state index contributed by atoms with van der Waals surface area (Å²) >= 11 is 0. The molecule has 1 atom stereocenters. The molecule has 0 bridgehead atoms. The summed E-state index contributed by atoms with van der Waals surface area (Å²) < 4.78 is 5.08. The number of hydroxylamine groups is 2. The fourth-order valence-electron chi connectivity index (χ4n) is 2.23. The van der Waals surface area contributed by atoms with E-state index in [-0.39, 0.29) is 24.2 Å². The van der Waals surface area contributed by atoms with Crippen LogP contribution in [0.3, 0.4) is 0 Å². The Morgan fingerprint density at radius 2 is 1.95 bits per heavy atom. The highest BCUT2D eigenvalue weighted by atomic mass is 16.7. The average Bonchev–Trinajstić information content (AvgIpc) is 2.87. The summed E-state index contributed by atoms with van der Waals surface area (Å²) in [4.78, 5) is 30.5. The van der Waals surface area contributed by atoms with Crippen molar-refractivity contribution in [3.8, 4) is 5.75 Å². The number of methoxy groups -OCH3 is 1. The molecule has 1 saturated heterocycles. The van der Waals surface area contributed by atoms with Crippen LogP contribution in [-0.4, -0.2) is 44.7 Å². The number of anilines is 1. The molecule has 0 saturated carbocycles. The lowest BCUT2D eigenvalue weighted by atomic mass is 10.1. The van der Waals surface area contributed by atoms with E-state index in [1.807, 2.05) is 12.1 Å². The van der Waals surface area contributed by atoms with Crippen molar-refractivity contribution < 1.29 is 19.2 Å². The van der Waals surface area contributed by atoms with E-state index in [1.54, 1.807) is 31.2 Å². The monoisotopic (exact) mass is 278 g/mol. The van der Waals surface area contributed by atoms with Crippen LogP contribution in [0.5, 0.6) is 5.75 Å². The predicted molar refractivity (Wildman–Crippen MR) is 73.2 cm³/mol. The lowest BCUT2D eigenvalue weighted by Gasteiger charge is -2.19. The second-order valence-electron chi connectivity index (χ2n) is 4.62. The van der Waals surface area contributed by atoms with Crippen LogP contribution < -0.4 is 9.64 Å². The molecule has 0 spiro atoms. The molecule has 1 fully saturated rings. The first-order valence-electron chi connectivity index (χ1n) is 6.33. The Balaban J connectivity index is 2.10. The van der Waals surface area contributed by atoms with Crippen molar-refractivity contribution in [2.24, 2.45) is 5.92 Å². The molecule has 6 nitrogen and oxygen atoms in total. The molecule has 1 aromatic rings. The van der Waals surface area contributed by atoms with Gasteiger partial charge < -0.3 is 9.64 Å². The van der Waals surface area contributed by atoms with Crippen LogP contribution in [0.2, 0.25) is 0 Å². The maximum Gasteiger partial charge on any atom is 0.251 e. The van der Waals surface area contributed by atoms with Crippen LogP contribution in [0.15, 0.2) is 24.3 Å². The van der Waals surface area contributed by atoms with Crippen LogP contribution in [0.4, 0.5) is 5.69 Å². The number of carbonyl (C=O) groups is 2. The van der Waals surface area contributed by atoms with Crippen molar-refractivity contribution in [2.45, 2.75) is 6.42 Å².